The molecule has 0 aromatic carbocycles. The van der Waals surface area contributed by atoms with Gasteiger partial charge in [0.05, 0.1) is 5.92 Å². The predicted octanol–water partition coefficient (Wildman–Crippen LogP) is 2.69. The monoisotopic (exact) mass is 254 g/mol. The molecule has 0 radical (unpaired) electrons. The van der Waals surface area contributed by atoms with Crippen molar-refractivity contribution in [3.8, 4) is 0 Å². The summed E-state index contributed by atoms with van der Waals surface area (Å²) in [7, 11) is 0. The van der Waals surface area contributed by atoms with E-state index in [9.17, 15) is 4.79 Å². The van der Waals surface area contributed by atoms with Gasteiger partial charge in [-0.05, 0) is 38.0 Å². The number of hydrogen-bond acceptors (Lipinski definition) is 2. The maximum atomic E-state index is 12.3. The van der Waals surface area contributed by atoms with Gasteiger partial charge in [0.15, 0.2) is 0 Å². The van der Waals surface area contributed by atoms with E-state index in [-0.39, 0.29) is 23.9 Å². The van der Waals surface area contributed by atoms with E-state index in [1.807, 2.05) is 0 Å². The Morgan fingerprint density at radius 2 is 2.06 bits per heavy atom. The SMILES string of the molecule is CCC(C)CC(C)NC(=O)C1C(C)CCCC1N. The van der Waals surface area contributed by atoms with Crippen LogP contribution in [-0.2, 0) is 4.79 Å². The first kappa shape index (κ1) is 15.5. The zero-order valence-corrected chi connectivity index (χ0v) is 12.4. The van der Waals surface area contributed by atoms with Crippen LogP contribution in [0, 0.1) is 17.8 Å². The van der Waals surface area contributed by atoms with Gasteiger partial charge in [-0.1, -0.05) is 33.6 Å². The Morgan fingerprint density at radius 3 is 2.61 bits per heavy atom. The Balaban J connectivity index is 2.48. The van der Waals surface area contributed by atoms with Gasteiger partial charge in [-0.2, -0.15) is 0 Å². The molecule has 0 saturated heterocycles. The number of carbonyl (C=O) groups is 1. The summed E-state index contributed by atoms with van der Waals surface area (Å²) in [6.07, 6.45) is 5.50. The first-order chi connectivity index (χ1) is 8.45. The highest BCUT2D eigenvalue weighted by Crippen LogP contribution is 2.29. The van der Waals surface area contributed by atoms with Gasteiger partial charge < -0.3 is 11.1 Å². The van der Waals surface area contributed by atoms with Crippen LogP contribution in [0.3, 0.4) is 0 Å². The van der Waals surface area contributed by atoms with Crippen molar-refractivity contribution in [2.45, 2.75) is 71.9 Å². The van der Waals surface area contributed by atoms with E-state index in [0.29, 0.717) is 11.8 Å². The number of nitrogens with one attached hydrogen (secondary N) is 1. The Morgan fingerprint density at radius 1 is 1.39 bits per heavy atom. The van der Waals surface area contributed by atoms with E-state index in [0.717, 1.165) is 25.7 Å². The van der Waals surface area contributed by atoms with Crippen molar-refractivity contribution in [2.75, 3.05) is 0 Å². The summed E-state index contributed by atoms with van der Waals surface area (Å²) in [5.41, 5.74) is 6.11. The Bertz CT molecular complexity index is 257. The Hall–Kier alpha value is -0.570. The van der Waals surface area contributed by atoms with Crippen molar-refractivity contribution in [1.82, 2.24) is 5.32 Å². The van der Waals surface area contributed by atoms with Crippen LogP contribution in [0.2, 0.25) is 0 Å². The first-order valence-corrected chi connectivity index (χ1v) is 7.51. The molecule has 0 aromatic heterocycles. The standard InChI is InChI=1S/C15H30N2O/c1-5-10(2)9-12(4)17-15(18)14-11(3)7-6-8-13(14)16/h10-14H,5-9,16H2,1-4H3,(H,17,18). The summed E-state index contributed by atoms with van der Waals surface area (Å²) >= 11 is 0. The quantitative estimate of drug-likeness (QED) is 0.792. The molecule has 3 heteroatoms. The van der Waals surface area contributed by atoms with Crippen molar-refractivity contribution >= 4 is 5.91 Å². The fraction of sp³-hybridized carbons (Fsp3) is 0.933. The summed E-state index contributed by atoms with van der Waals surface area (Å²) in [6.45, 7) is 8.68. The minimum Gasteiger partial charge on any atom is -0.353 e. The van der Waals surface area contributed by atoms with Crippen LogP contribution >= 0.6 is 0 Å². The fourth-order valence-corrected chi connectivity index (χ4v) is 3.08. The molecular formula is C15H30N2O. The van der Waals surface area contributed by atoms with E-state index in [1.54, 1.807) is 0 Å². The summed E-state index contributed by atoms with van der Waals surface area (Å²) in [5, 5.41) is 3.16. The molecule has 1 amide bonds. The minimum absolute atomic E-state index is 0.0122. The predicted molar refractivity (Wildman–Crippen MR) is 76.2 cm³/mol. The van der Waals surface area contributed by atoms with Crippen molar-refractivity contribution in [3.05, 3.63) is 0 Å². The molecule has 18 heavy (non-hydrogen) atoms. The zero-order chi connectivity index (χ0) is 13.7. The second kappa shape index (κ2) is 7.13. The lowest BCUT2D eigenvalue weighted by atomic mass is 9.76. The largest absolute Gasteiger partial charge is 0.353 e. The third-order valence-electron chi connectivity index (χ3n) is 4.42. The second-order valence-electron chi connectivity index (χ2n) is 6.26. The fourth-order valence-electron chi connectivity index (χ4n) is 3.08. The Kier molecular flexibility index (Phi) is 6.13. The minimum atomic E-state index is 0.0122. The van der Waals surface area contributed by atoms with Gasteiger partial charge in [0.2, 0.25) is 5.91 Å². The van der Waals surface area contributed by atoms with E-state index >= 15 is 0 Å². The molecule has 0 aliphatic heterocycles. The van der Waals surface area contributed by atoms with E-state index in [2.05, 4.69) is 33.0 Å². The summed E-state index contributed by atoms with van der Waals surface area (Å²) in [5.74, 6) is 1.27. The molecule has 5 atom stereocenters. The number of nitrogens with two attached hydrogens (primary N) is 1. The molecule has 3 N–H and O–H groups in total. The summed E-state index contributed by atoms with van der Waals surface area (Å²) in [4.78, 5) is 12.3. The topological polar surface area (TPSA) is 55.1 Å². The number of rotatable bonds is 5. The maximum Gasteiger partial charge on any atom is 0.225 e. The molecule has 1 aliphatic carbocycles. The molecule has 0 bridgehead atoms. The van der Waals surface area contributed by atoms with Gasteiger partial charge in [-0.25, -0.2) is 0 Å². The molecule has 0 aromatic rings. The molecule has 1 saturated carbocycles. The Labute approximate surface area is 112 Å². The zero-order valence-electron chi connectivity index (χ0n) is 12.4. The number of amides is 1. The van der Waals surface area contributed by atoms with Crippen LogP contribution < -0.4 is 11.1 Å². The van der Waals surface area contributed by atoms with Gasteiger partial charge in [0, 0.05) is 12.1 Å². The third kappa shape index (κ3) is 4.27. The van der Waals surface area contributed by atoms with Crippen LogP contribution in [0.1, 0.15) is 59.8 Å². The second-order valence-corrected chi connectivity index (χ2v) is 6.26. The van der Waals surface area contributed by atoms with Crippen LogP contribution in [-0.4, -0.2) is 18.0 Å². The highest BCUT2D eigenvalue weighted by molar-refractivity contribution is 5.80. The van der Waals surface area contributed by atoms with E-state index in [4.69, 9.17) is 5.73 Å². The van der Waals surface area contributed by atoms with Crippen LogP contribution in [0.4, 0.5) is 0 Å². The molecule has 0 heterocycles. The normalized spacial score (nSPS) is 31.7. The molecule has 0 spiro atoms. The molecule has 3 nitrogen and oxygen atoms in total. The first-order valence-electron chi connectivity index (χ1n) is 7.51. The van der Waals surface area contributed by atoms with Gasteiger partial charge in [0.1, 0.15) is 0 Å². The average Bonchev–Trinajstić information content (AvgIpc) is 2.28. The van der Waals surface area contributed by atoms with Gasteiger partial charge in [-0.3, -0.25) is 4.79 Å². The number of carbonyl (C=O) groups excluding carboxylic acids is 1. The smallest absolute Gasteiger partial charge is 0.225 e. The molecule has 1 fully saturated rings. The van der Waals surface area contributed by atoms with Crippen molar-refractivity contribution in [1.29, 1.82) is 0 Å². The van der Waals surface area contributed by atoms with Crippen LogP contribution in [0.15, 0.2) is 0 Å². The highest BCUT2D eigenvalue weighted by Gasteiger charge is 2.34. The molecule has 1 rings (SSSR count). The summed E-state index contributed by atoms with van der Waals surface area (Å²) in [6, 6.07) is 0.304. The van der Waals surface area contributed by atoms with Crippen LogP contribution in [0.5, 0.6) is 0 Å². The lowest BCUT2D eigenvalue weighted by Crippen LogP contribution is -2.49. The molecule has 1 aliphatic rings. The molecule has 5 unspecified atom stereocenters. The van der Waals surface area contributed by atoms with Gasteiger partial charge >= 0.3 is 0 Å². The van der Waals surface area contributed by atoms with Gasteiger partial charge in [0.25, 0.3) is 0 Å². The highest BCUT2D eigenvalue weighted by atomic mass is 16.2. The average molecular weight is 254 g/mol. The number of hydrogen-bond donors (Lipinski definition) is 2. The maximum absolute atomic E-state index is 12.3. The lowest BCUT2D eigenvalue weighted by molar-refractivity contribution is -0.128. The van der Waals surface area contributed by atoms with Crippen molar-refractivity contribution in [2.24, 2.45) is 23.5 Å². The van der Waals surface area contributed by atoms with Crippen molar-refractivity contribution in [3.63, 3.8) is 0 Å². The lowest BCUT2D eigenvalue weighted by Gasteiger charge is -2.34. The molecular weight excluding hydrogens is 224 g/mol. The molecule has 106 valence electrons. The summed E-state index contributed by atoms with van der Waals surface area (Å²) < 4.78 is 0. The third-order valence-corrected chi connectivity index (χ3v) is 4.42. The van der Waals surface area contributed by atoms with E-state index < -0.39 is 0 Å². The van der Waals surface area contributed by atoms with Gasteiger partial charge in [-0.15, -0.1) is 0 Å². The van der Waals surface area contributed by atoms with Crippen molar-refractivity contribution < 1.29 is 4.79 Å². The van der Waals surface area contributed by atoms with Crippen LogP contribution in [0.25, 0.3) is 0 Å². The van der Waals surface area contributed by atoms with E-state index in [1.165, 1.54) is 6.42 Å².